The monoisotopic (exact) mass is 400 g/mol. The Morgan fingerprint density at radius 3 is 2.97 bits per heavy atom. The minimum atomic E-state index is 0.189. The number of amides is 1. The van der Waals surface area contributed by atoms with E-state index >= 15 is 0 Å². The number of nitrogens with one attached hydrogen (secondary N) is 1. The molecule has 1 saturated heterocycles. The number of piperidine rings is 1. The molecule has 2 fully saturated rings. The molecule has 4 nitrogen and oxygen atoms in total. The number of carbonyl (C=O) groups excluding carboxylic acids is 1. The van der Waals surface area contributed by atoms with Crippen LogP contribution < -0.4 is 4.74 Å². The second kappa shape index (κ2) is 6.63. The Labute approximate surface area is 177 Å². The van der Waals surface area contributed by atoms with E-state index in [9.17, 15) is 4.79 Å². The summed E-state index contributed by atoms with van der Waals surface area (Å²) >= 11 is 0. The molecule has 3 aromatic rings. The summed E-state index contributed by atoms with van der Waals surface area (Å²) in [6.07, 6.45) is 8.94. The van der Waals surface area contributed by atoms with Gasteiger partial charge in [-0.25, -0.2) is 0 Å². The molecule has 3 atom stereocenters. The van der Waals surface area contributed by atoms with Crippen molar-refractivity contribution in [2.45, 2.75) is 50.0 Å². The zero-order valence-electron chi connectivity index (χ0n) is 17.5. The number of likely N-dealkylation sites (tertiary alicyclic amines) is 1. The Balaban J connectivity index is 1.43. The highest BCUT2D eigenvalue weighted by atomic mass is 16.5. The van der Waals surface area contributed by atoms with Gasteiger partial charge in [0.05, 0.1) is 12.7 Å². The highest BCUT2D eigenvalue weighted by molar-refractivity contribution is 6.06. The number of aromatic nitrogens is 1. The van der Waals surface area contributed by atoms with Crippen molar-refractivity contribution in [1.29, 1.82) is 0 Å². The lowest BCUT2D eigenvalue weighted by Crippen LogP contribution is -2.62. The molecule has 6 rings (SSSR count). The Morgan fingerprint density at radius 2 is 2.07 bits per heavy atom. The van der Waals surface area contributed by atoms with Gasteiger partial charge in [0, 0.05) is 35.1 Å². The molecule has 2 aromatic carbocycles. The largest absolute Gasteiger partial charge is 0.497 e. The molecule has 0 spiro atoms. The maximum atomic E-state index is 13.7. The van der Waals surface area contributed by atoms with E-state index in [-0.39, 0.29) is 11.3 Å². The van der Waals surface area contributed by atoms with Gasteiger partial charge < -0.3 is 14.6 Å². The van der Waals surface area contributed by atoms with Crippen LogP contribution in [-0.4, -0.2) is 35.5 Å². The fourth-order valence-electron chi connectivity index (χ4n) is 6.77. The van der Waals surface area contributed by atoms with Gasteiger partial charge in [0.1, 0.15) is 5.75 Å². The number of nitrogens with zero attached hydrogens (tertiary/aromatic N) is 1. The maximum Gasteiger partial charge on any atom is 0.256 e. The molecule has 1 amide bonds. The Kier molecular flexibility index (Phi) is 3.99. The lowest BCUT2D eigenvalue weighted by molar-refractivity contribution is -0.00431. The molecule has 1 aromatic heterocycles. The second-order valence-electron chi connectivity index (χ2n) is 9.30. The Bertz CT molecular complexity index is 1130. The van der Waals surface area contributed by atoms with Gasteiger partial charge in [0.2, 0.25) is 0 Å². The fraction of sp³-hybridized carbons (Fsp3) is 0.423. The predicted octanol–water partition coefficient (Wildman–Crippen LogP) is 5.08. The van der Waals surface area contributed by atoms with Crippen LogP contribution in [-0.2, 0) is 11.8 Å². The van der Waals surface area contributed by atoms with Gasteiger partial charge >= 0.3 is 0 Å². The third-order valence-electron chi connectivity index (χ3n) is 8.12. The number of hydrogen-bond acceptors (Lipinski definition) is 2. The van der Waals surface area contributed by atoms with Gasteiger partial charge in [0.15, 0.2) is 0 Å². The molecule has 154 valence electrons. The van der Waals surface area contributed by atoms with E-state index in [1.165, 1.54) is 36.8 Å². The van der Waals surface area contributed by atoms with Crippen molar-refractivity contribution in [3.63, 3.8) is 0 Å². The first-order chi connectivity index (χ1) is 14.7. The SMILES string of the molecule is COc1ccc2c(c1)[C@@]13CCCC[C@H]1[C@@H](C2)N(C(=O)c1c[nH]c2ccccc12)CC3. The molecule has 4 heteroatoms. The maximum absolute atomic E-state index is 13.7. The molecule has 0 radical (unpaired) electrons. The number of aromatic amines is 1. The van der Waals surface area contributed by atoms with Crippen LogP contribution in [0.2, 0.25) is 0 Å². The Hall–Kier alpha value is -2.75. The average molecular weight is 401 g/mol. The van der Waals surface area contributed by atoms with Gasteiger partial charge in [-0.3, -0.25) is 4.79 Å². The number of carbonyl (C=O) groups is 1. The van der Waals surface area contributed by atoms with Crippen LogP contribution in [0.25, 0.3) is 10.9 Å². The standard InChI is InChI=1S/C26H28N2O2/c1-30-18-10-9-17-14-24-21-7-4-5-11-26(21,22(17)15-18)12-13-28(24)25(29)20-16-27-23-8-3-2-6-19(20)23/h2-3,6,8-10,15-16,21,24,27H,4-5,7,11-14H2,1H3/t21-,24+,26+/m0/s1. The zero-order valence-corrected chi connectivity index (χ0v) is 17.5. The van der Waals surface area contributed by atoms with Gasteiger partial charge in [-0.05, 0) is 60.9 Å². The smallest absolute Gasteiger partial charge is 0.256 e. The first-order valence-corrected chi connectivity index (χ1v) is 11.3. The van der Waals surface area contributed by atoms with Crippen LogP contribution in [0, 0.1) is 5.92 Å². The summed E-state index contributed by atoms with van der Waals surface area (Å²) in [5.74, 6) is 1.70. The molecule has 1 saturated carbocycles. The highest BCUT2D eigenvalue weighted by Gasteiger charge is 2.54. The minimum Gasteiger partial charge on any atom is -0.497 e. The van der Waals surface area contributed by atoms with Gasteiger partial charge in [-0.2, -0.15) is 0 Å². The minimum absolute atomic E-state index is 0.189. The van der Waals surface area contributed by atoms with Crippen LogP contribution >= 0.6 is 0 Å². The van der Waals surface area contributed by atoms with E-state index in [2.05, 4.69) is 34.1 Å². The first kappa shape index (κ1) is 18.1. The molecule has 2 bridgehead atoms. The predicted molar refractivity (Wildman–Crippen MR) is 118 cm³/mol. The number of hydrogen-bond donors (Lipinski definition) is 1. The third-order valence-corrected chi connectivity index (χ3v) is 8.12. The molecular formula is C26H28N2O2. The fourth-order valence-corrected chi connectivity index (χ4v) is 6.77. The van der Waals surface area contributed by atoms with E-state index in [0.717, 1.165) is 41.6 Å². The number of H-pyrrole nitrogens is 1. The number of methoxy groups -OCH3 is 1. The van der Waals surface area contributed by atoms with Crippen molar-refractivity contribution in [3.8, 4) is 5.75 Å². The van der Waals surface area contributed by atoms with Gasteiger partial charge in [-0.1, -0.05) is 37.1 Å². The van der Waals surface area contributed by atoms with Gasteiger partial charge in [0.25, 0.3) is 5.91 Å². The lowest BCUT2D eigenvalue weighted by Gasteiger charge is -2.59. The van der Waals surface area contributed by atoms with Crippen LogP contribution in [0.4, 0.5) is 0 Å². The van der Waals surface area contributed by atoms with Crippen LogP contribution in [0.5, 0.6) is 5.75 Å². The summed E-state index contributed by atoms with van der Waals surface area (Å²) < 4.78 is 5.58. The average Bonchev–Trinajstić information content (AvgIpc) is 3.23. The van der Waals surface area contributed by atoms with E-state index in [4.69, 9.17) is 4.74 Å². The number of fused-ring (bicyclic) bond motifs is 2. The van der Waals surface area contributed by atoms with Crippen molar-refractivity contribution in [2.24, 2.45) is 5.92 Å². The molecule has 2 aliphatic carbocycles. The number of ether oxygens (including phenoxy) is 1. The summed E-state index contributed by atoms with van der Waals surface area (Å²) in [7, 11) is 1.76. The normalized spacial score (nSPS) is 27.4. The zero-order chi connectivity index (χ0) is 20.3. The first-order valence-electron chi connectivity index (χ1n) is 11.3. The number of benzene rings is 2. The molecule has 2 heterocycles. The van der Waals surface area contributed by atoms with Crippen molar-refractivity contribution >= 4 is 16.8 Å². The molecular weight excluding hydrogens is 372 g/mol. The molecule has 3 aliphatic rings. The van der Waals surface area contributed by atoms with Crippen LogP contribution in [0.1, 0.15) is 53.6 Å². The molecule has 1 aliphatic heterocycles. The van der Waals surface area contributed by atoms with Crippen molar-refractivity contribution in [2.75, 3.05) is 13.7 Å². The van der Waals surface area contributed by atoms with E-state index in [0.29, 0.717) is 12.0 Å². The van der Waals surface area contributed by atoms with Crippen molar-refractivity contribution in [3.05, 3.63) is 65.4 Å². The van der Waals surface area contributed by atoms with E-state index in [1.807, 2.05) is 24.4 Å². The van der Waals surface area contributed by atoms with Crippen LogP contribution in [0.15, 0.2) is 48.7 Å². The molecule has 0 unspecified atom stereocenters. The quantitative estimate of drug-likeness (QED) is 0.652. The molecule has 1 N–H and O–H groups in total. The lowest BCUT2D eigenvalue weighted by atomic mass is 9.52. The summed E-state index contributed by atoms with van der Waals surface area (Å²) in [5.41, 5.74) is 4.97. The van der Waals surface area contributed by atoms with Crippen LogP contribution in [0.3, 0.4) is 0 Å². The van der Waals surface area contributed by atoms with Crippen molar-refractivity contribution < 1.29 is 9.53 Å². The summed E-state index contributed by atoms with van der Waals surface area (Å²) in [6.45, 7) is 0.843. The summed E-state index contributed by atoms with van der Waals surface area (Å²) in [5, 5.41) is 1.03. The summed E-state index contributed by atoms with van der Waals surface area (Å²) in [6, 6.07) is 15.0. The van der Waals surface area contributed by atoms with E-state index < -0.39 is 0 Å². The third kappa shape index (κ3) is 2.43. The topological polar surface area (TPSA) is 45.3 Å². The molecule has 30 heavy (non-hydrogen) atoms. The van der Waals surface area contributed by atoms with E-state index in [1.54, 1.807) is 7.11 Å². The Morgan fingerprint density at radius 1 is 1.17 bits per heavy atom. The second-order valence-corrected chi connectivity index (χ2v) is 9.30. The van der Waals surface area contributed by atoms with Crippen molar-refractivity contribution in [1.82, 2.24) is 9.88 Å². The summed E-state index contributed by atoms with van der Waals surface area (Å²) in [4.78, 5) is 19.2. The highest BCUT2D eigenvalue weighted by Crippen LogP contribution is 2.56. The number of para-hydroxylation sites is 1. The van der Waals surface area contributed by atoms with Gasteiger partial charge in [-0.15, -0.1) is 0 Å². The number of rotatable bonds is 2.